The third-order valence-electron chi connectivity index (χ3n) is 6.96. The van der Waals surface area contributed by atoms with E-state index in [1.54, 1.807) is 0 Å². The molecule has 0 spiro atoms. The van der Waals surface area contributed by atoms with Crippen molar-refractivity contribution < 1.29 is 4.42 Å². The molecule has 3 heteroatoms. The van der Waals surface area contributed by atoms with Gasteiger partial charge < -0.3 is 8.98 Å². The van der Waals surface area contributed by atoms with Crippen molar-refractivity contribution in [2.45, 2.75) is 6.92 Å². The number of nitriles is 1. The van der Waals surface area contributed by atoms with Gasteiger partial charge in [0.1, 0.15) is 11.2 Å². The van der Waals surface area contributed by atoms with E-state index in [4.69, 9.17) is 4.42 Å². The molecule has 5 aromatic carbocycles. The summed E-state index contributed by atoms with van der Waals surface area (Å²) in [6.45, 7) is 2.05. The smallest absolute Gasteiger partial charge is 0.137 e. The van der Waals surface area contributed by atoms with Crippen LogP contribution in [0, 0.1) is 18.3 Å². The van der Waals surface area contributed by atoms with Gasteiger partial charge in [-0.1, -0.05) is 54.6 Å². The molecule has 2 aromatic heterocycles. The van der Waals surface area contributed by atoms with Crippen LogP contribution in [0.2, 0.25) is 0 Å². The first kappa shape index (κ1) is 19.6. The molecule has 164 valence electrons. The Bertz CT molecular complexity index is 1960. The maximum atomic E-state index is 9.19. The Labute approximate surface area is 202 Å². The lowest BCUT2D eigenvalue weighted by Crippen LogP contribution is -1.94. The summed E-state index contributed by atoms with van der Waals surface area (Å²) in [5.74, 6) is 0. The number of fused-ring (bicyclic) bond motifs is 6. The lowest BCUT2D eigenvalue weighted by atomic mass is 9.98. The predicted molar refractivity (Wildman–Crippen MR) is 143 cm³/mol. The van der Waals surface area contributed by atoms with Crippen LogP contribution in [0.1, 0.15) is 11.1 Å². The minimum absolute atomic E-state index is 0.685. The molecule has 0 fully saturated rings. The van der Waals surface area contributed by atoms with Gasteiger partial charge in [-0.25, -0.2) is 0 Å². The SMILES string of the molecule is Cc1cc(C#N)ccc1-c1ccc(-n2c3ccccc3c3cc4c(cc32)oc2ccccc24)cc1. The molecule has 0 radical (unpaired) electrons. The van der Waals surface area contributed by atoms with E-state index in [2.05, 4.69) is 90.4 Å². The minimum atomic E-state index is 0.685. The first-order valence-electron chi connectivity index (χ1n) is 11.7. The molecule has 0 N–H and O–H groups in total. The van der Waals surface area contributed by atoms with Gasteiger partial charge in [0.25, 0.3) is 0 Å². The van der Waals surface area contributed by atoms with Gasteiger partial charge in [-0.05, 0) is 66.1 Å². The average Bonchev–Trinajstić information content (AvgIpc) is 3.42. The number of hydrogen-bond donors (Lipinski definition) is 0. The van der Waals surface area contributed by atoms with E-state index in [-0.39, 0.29) is 0 Å². The second kappa shape index (κ2) is 7.35. The summed E-state index contributed by atoms with van der Waals surface area (Å²) < 4.78 is 8.53. The second-order valence-corrected chi connectivity index (χ2v) is 9.00. The van der Waals surface area contributed by atoms with E-state index in [1.165, 1.54) is 16.3 Å². The number of furan rings is 1. The fourth-order valence-corrected chi connectivity index (χ4v) is 5.31. The van der Waals surface area contributed by atoms with E-state index in [0.717, 1.165) is 49.8 Å². The molecule has 35 heavy (non-hydrogen) atoms. The van der Waals surface area contributed by atoms with Crippen molar-refractivity contribution in [1.82, 2.24) is 4.57 Å². The number of hydrogen-bond acceptors (Lipinski definition) is 2. The van der Waals surface area contributed by atoms with E-state index in [1.807, 2.05) is 30.3 Å². The fraction of sp³-hybridized carbons (Fsp3) is 0.0312. The van der Waals surface area contributed by atoms with Gasteiger partial charge in [0.2, 0.25) is 0 Å². The molecule has 0 aliphatic rings. The first-order chi connectivity index (χ1) is 17.2. The largest absolute Gasteiger partial charge is 0.456 e. The third-order valence-corrected chi connectivity index (χ3v) is 6.96. The molecule has 0 aliphatic carbocycles. The Kier molecular flexibility index (Phi) is 4.12. The number of rotatable bonds is 2. The van der Waals surface area contributed by atoms with Crippen LogP contribution in [0.15, 0.2) is 108 Å². The Hall–Kier alpha value is -4.81. The van der Waals surface area contributed by atoms with E-state index < -0.39 is 0 Å². The molecular weight excluding hydrogens is 428 g/mol. The molecule has 0 saturated carbocycles. The van der Waals surface area contributed by atoms with Crippen LogP contribution in [0.25, 0.3) is 60.6 Å². The highest BCUT2D eigenvalue weighted by molar-refractivity contribution is 6.17. The lowest BCUT2D eigenvalue weighted by Gasteiger charge is -2.11. The van der Waals surface area contributed by atoms with Crippen LogP contribution in [0.5, 0.6) is 0 Å². The second-order valence-electron chi connectivity index (χ2n) is 9.00. The highest BCUT2D eigenvalue weighted by Gasteiger charge is 2.16. The van der Waals surface area contributed by atoms with Gasteiger partial charge in [0, 0.05) is 33.3 Å². The lowest BCUT2D eigenvalue weighted by molar-refractivity contribution is 0.669. The van der Waals surface area contributed by atoms with Crippen LogP contribution in [0.4, 0.5) is 0 Å². The van der Waals surface area contributed by atoms with Crippen LogP contribution in [-0.4, -0.2) is 4.57 Å². The molecular formula is C32H20N2O. The van der Waals surface area contributed by atoms with Crippen LogP contribution >= 0.6 is 0 Å². The van der Waals surface area contributed by atoms with Gasteiger partial charge in [0.15, 0.2) is 0 Å². The Morgan fingerprint density at radius 3 is 2.23 bits per heavy atom. The van der Waals surface area contributed by atoms with Crippen molar-refractivity contribution in [1.29, 1.82) is 5.26 Å². The monoisotopic (exact) mass is 448 g/mol. The molecule has 0 unspecified atom stereocenters. The highest BCUT2D eigenvalue weighted by atomic mass is 16.3. The average molecular weight is 449 g/mol. The molecule has 7 rings (SSSR count). The first-order valence-corrected chi connectivity index (χ1v) is 11.7. The zero-order valence-electron chi connectivity index (χ0n) is 19.1. The Balaban J connectivity index is 1.45. The van der Waals surface area contributed by atoms with Gasteiger partial charge in [-0.3, -0.25) is 0 Å². The fourth-order valence-electron chi connectivity index (χ4n) is 5.31. The van der Waals surface area contributed by atoms with Crippen molar-refractivity contribution >= 4 is 43.7 Å². The number of nitrogens with zero attached hydrogens (tertiary/aromatic N) is 2. The van der Waals surface area contributed by atoms with Crippen LogP contribution in [-0.2, 0) is 0 Å². The number of aromatic nitrogens is 1. The molecule has 0 amide bonds. The van der Waals surface area contributed by atoms with Gasteiger partial charge >= 0.3 is 0 Å². The van der Waals surface area contributed by atoms with Gasteiger partial charge in [0.05, 0.1) is 22.7 Å². The summed E-state index contributed by atoms with van der Waals surface area (Å²) in [6, 6.07) is 37.9. The third kappa shape index (κ3) is 2.90. The van der Waals surface area contributed by atoms with Crippen molar-refractivity contribution in [2.75, 3.05) is 0 Å². The molecule has 0 bridgehead atoms. The maximum Gasteiger partial charge on any atom is 0.137 e. The maximum absolute atomic E-state index is 9.19. The summed E-state index contributed by atoms with van der Waals surface area (Å²) in [6.07, 6.45) is 0. The topological polar surface area (TPSA) is 41.9 Å². The standard InChI is InChI=1S/C32H20N2O/c1-20-16-21(19-33)10-15-24(20)22-11-13-23(14-12-22)34-29-8-4-2-6-25(29)27-17-28-26-7-3-5-9-31(26)35-32(28)18-30(27)34/h2-18H,1H3. The van der Waals surface area contributed by atoms with E-state index >= 15 is 0 Å². The summed E-state index contributed by atoms with van der Waals surface area (Å²) in [5, 5.41) is 13.9. The van der Waals surface area contributed by atoms with Crippen molar-refractivity contribution in [3.63, 3.8) is 0 Å². The van der Waals surface area contributed by atoms with Crippen molar-refractivity contribution in [2.24, 2.45) is 0 Å². The normalized spacial score (nSPS) is 11.5. The molecule has 0 saturated heterocycles. The number of benzene rings is 5. The van der Waals surface area contributed by atoms with Crippen molar-refractivity contribution in [3.8, 4) is 22.9 Å². The zero-order chi connectivity index (χ0) is 23.5. The Morgan fingerprint density at radius 2 is 1.43 bits per heavy atom. The van der Waals surface area contributed by atoms with E-state index in [0.29, 0.717) is 5.56 Å². The molecule has 7 aromatic rings. The van der Waals surface area contributed by atoms with Crippen molar-refractivity contribution in [3.05, 3.63) is 114 Å². The van der Waals surface area contributed by atoms with E-state index in [9.17, 15) is 5.26 Å². The highest BCUT2D eigenvalue weighted by Crippen LogP contribution is 2.38. The zero-order valence-corrected chi connectivity index (χ0v) is 19.1. The molecule has 0 atom stereocenters. The minimum Gasteiger partial charge on any atom is -0.456 e. The molecule has 2 heterocycles. The molecule has 0 aliphatic heterocycles. The number of para-hydroxylation sites is 2. The summed E-state index contributed by atoms with van der Waals surface area (Å²) in [4.78, 5) is 0. The van der Waals surface area contributed by atoms with Gasteiger partial charge in [-0.15, -0.1) is 0 Å². The summed E-state index contributed by atoms with van der Waals surface area (Å²) in [7, 11) is 0. The van der Waals surface area contributed by atoms with Gasteiger partial charge in [-0.2, -0.15) is 5.26 Å². The van der Waals surface area contributed by atoms with Crippen LogP contribution < -0.4 is 0 Å². The summed E-state index contributed by atoms with van der Waals surface area (Å²) >= 11 is 0. The quantitative estimate of drug-likeness (QED) is 0.266. The summed E-state index contributed by atoms with van der Waals surface area (Å²) in [5.41, 5.74) is 9.26. The molecule has 3 nitrogen and oxygen atoms in total. The van der Waals surface area contributed by atoms with Crippen LogP contribution in [0.3, 0.4) is 0 Å². The Morgan fingerprint density at radius 1 is 0.657 bits per heavy atom. The predicted octanol–water partition coefficient (Wildman–Crippen LogP) is 8.53. The number of aryl methyl sites for hydroxylation is 1.